The molecule has 3 N–H and O–H groups in total. The highest BCUT2D eigenvalue weighted by molar-refractivity contribution is 5.68. The van der Waals surface area contributed by atoms with Crippen LogP contribution in [0.25, 0.3) is 11.3 Å². The van der Waals surface area contributed by atoms with Gasteiger partial charge in [0.05, 0.1) is 24.6 Å². The number of rotatable bonds is 7. The Morgan fingerprint density at radius 1 is 1.13 bits per heavy atom. The van der Waals surface area contributed by atoms with Crippen LogP contribution in [0.15, 0.2) is 28.9 Å². The number of benzene rings is 1. The number of amides is 1. The number of hydrogen-bond acceptors (Lipinski definition) is 11. The number of carbonyl (C=O) groups excluding carboxylic acids is 1. The zero-order valence-corrected chi connectivity index (χ0v) is 25.9. The van der Waals surface area contributed by atoms with E-state index in [1.165, 1.54) is 18.0 Å². The molecule has 0 radical (unpaired) electrons. The van der Waals surface area contributed by atoms with Gasteiger partial charge >= 0.3 is 6.09 Å². The van der Waals surface area contributed by atoms with Gasteiger partial charge in [-0.1, -0.05) is 10.4 Å². The smallest absolute Gasteiger partial charge is 0.410 e. The van der Waals surface area contributed by atoms with Gasteiger partial charge < -0.3 is 39.0 Å². The van der Waals surface area contributed by atoms with E-state index in [0.717, 1.165) is 12.1 Å². The topological polar surface area (TPSA) is 165 Å². The molecule has 2 aromatic heterocycles. The molecule has 46 heavy (non-hydrogen) atoms. The molecule has 2 aliphatic heterocycles. The number of ether oxygens (including phenoxy) is 3. The van der Waals surface area contributed by atoms with Gasteiger partial charge in [-0.3, -0.25) is 0 Å². The molecule has 0 unspecified atom stereocenters. The summed E-state index contributed by atoms with van der Waals surface area (Å²) in [5.74, 6) is -4.19. The minimum Gasteiger partial charge on any atom is -0.444 e. The summed E-state index contributed by atoms with van der Waals surface area (Å²) in [6.07, 6.45) is -2.17. The van der Waals surface area contributed by atoms with Gasteiger partial charge in [-0.25, -0.2) is 22.6 Å². The zero-order valence-electron chi connectivity index (χ0n) is 25.9. The van der Waals surface area contributed by atoms with Gasteiger partial charge in [0.15, 0.2) is 23.2 Å². The van der Waals surface area contributed by atoms with Crippen LogP contribution in [0.4, 0.5) is 18.0 Å². The molecule has 0 saturated carbocycles. The van der Waals surface area contributed by atoms with E-state index in [4.69, 9.17) is 18.7 Å². The van der Waals surface area contributed by atoms with Crippen molar-refractivity contribution in [2.75, 3.05) is 26.8 Å². The van der Waals surface area contributed by atoms with Crippen LogP contribution < -0.4 is 0 Å². The van der Waals surface area contributed by atoms with Crippen molar-refractivity contribution < 1.29 is 52.0 Å². The summed E-state index contributed by atoms with van der Waals surface area (Å²) in [6, 6.07) is 2.17. The van der Waals surface area contributed by atoms with E-state index < -0.39 is 71.8 Å². The summed E-state index contributed by atoms with van der Waals surface area (Å²) in [6.45, 7) is 5.45. The van der Waals surface area contributed by atoms with E-state index in [2.05, 4.69) is 15.5 Å². The third-order valence-electron chi connectivity index (χ3n) is 8.22. The monoisotopic (exact) mass is 653 g/mol. The molecule has 6 atom stereocenters. The third-order valence-corrected chi connectivity index (χ3v) is 8.22. The lowest BCUT2D eigenvalue weighted by atomic mass is 9.89. The van der Waals surface area contributed by atoms with Gasteiger partial charge in [0.25, 0.3) is 0 Å². The predicted octanol–water partition coefficient (Wildman–Crippen LogP) is 2.88. The van der Waals surface area contributed by atoms with E-state index in [1.54, 1.807) is 31.7 Å². The predicted molar refractivity (Wildman–Crippen MR) is 153 cm³/mol. The molecule has 2 aliphatic rings. The standard InChI is InChI=1S/C30H38F3N5O8/c1-29(2,3)45-28(41)37-8-5-6-30(42,7-9-37)23-13-17(35-46-23)12-21-27(43-4)25(26(40)22(15-39)44-21)38-14-20(34-36-38)16-10-18(31)24(33)19(32)11-16/h10-11,13-14,21-22,25-27,39-40,42H,5-9,12,15H2,1-4H3/t21-,22-,25+,26+,27+,30-/m1/s1. The van der Waals surface area contributed by atoms with Gasteiger partial charge in [0.1, 0.15) is 41.2 Å². The van der Waals surface area contributed by atoms with Crippen molar-refractivity contribution in [2.45, 2.75) is 88.1 Å². The third kappa shape index (κ3) is 7.05. The molecule has 16 heteroatoms. The maximum Gasteiger partial charge on any atom is 0.410 e. The highest BCUT2D eigenvalue weighted by Gasteiger charge is 2.47. The Morgan fingerprint density at radius 2 is 1.85 bits per heavy atom. The lowest BCUT2D eigenvalue weighted by Crippen LogP contribution is -2.57. The Balaban J connectivity index is 1.33. The van der Waals surface area contributed by atoms with Crippen LogP contribution in [0, 0.1) is 17.5 Å². The molecule has 0 spiro atoms. The van der Waals surface area contributed by atoms with E-state index >= 15 is 0 Å². The van der Waals surface area contributed by atoms with Crippen LogP contribution in [0.2, 0.25) is 0 Å². The number of halogens is 3. The summed E-state index contributed by atoms with van der Waals surface area (Å²) in [4.78, 5) is 14.1. The van der Waals surface area contributed by atoms with Gasteiger partial charge in [-0.15, -0.1) is 5.10 Å². The number of hydrogen-bond donors (Lipinski definition) is 3. The van der Waals surface area contributed by atoms with Crippen molar-refractivity contribution in [3.05, 3.63) is 53.3 Å². The lowest BCUT2D eigenvalue weighted by molar-refractivity contribution is -0.212. The SMILES string of the molecule is CO[C@@H]1[C@@H](n2cc(-c3cc(F)c(F)c(F)c3)nn2)[C@@H](O)[C@@H](CO)O[C@@H]1Cc1cc([C@@]2(O)CCCN(C(=O)OC(C)(C)C)CC2)on1. The van der Waals surface area contributed by atoms with Crippen molar-refractivity contribution >= 4 is 6.09 Å². The number of carbonyl (C=O) groups is 1. The molecule has 1 aromatic carbocycles. The second kappa shape index (κ2) is 13.3. The molecule has 0 bridgehead atoms. The summed E-state index contributed by atoms with van der Waals surface area (Å²) >= 11 is 0. The Labute approximate surface area is 262 Å². The molecule has 0 aliphatic carbocycles. The maximum absolute atomic E-state index is 13.9. The van der Waals surface area contributed by atoms with Crippen LogP contribution in [0.1, 0.15) is 57.5 Å². The number of aliphatic hydroxyl groups is 3. The normalized spacial score (nSPS) is 27.4. The number of aliphatic hydroxyl groups excluding tert-OH is 2. The van der Waals surface area contributed by atoms with E-state index in [-0.39, 0.29) is 36.4 Å². The summed E-state index contributed by atoms with van der Waals surface area (Å²) in [7, 11) is 1.39. The second-order valence-electron chi connectivity index (χ2n) is 12.7. The Kier molecular flexibility index (Phi) is 9.75. The first-order valence-corrected chi connectivity index (χ1v) is 14.9. The summed E-state index contributed by atoms with van der Waals surface area (Å²) in [5, 5.41) is 44.7. The fourth-order valence-electron chi connectivity index (χ4n) is 5.90. The van der Waals surface area contributed by atoms with Gasteiger partial charge in [0, 0.05) is 44.7 Å². The minimum absolute atomic E-state index is 0.00599. The van der Waals surface area contributed by atoms with Crippen LogP contribution in [-0.2, 0) is 26.2 Å². The first-order valence-electron chi connectivity index (χ1n) is 14.9. The van der Waals surface area contributed by atoms with Crippen molar-refractivity contribution in [1.82, 2.24) is 25.1 Å². The summed E-state index contributed by atoms with van der Waals surface area (Å²) in [5.41, 5.74) is -1.71. The fourth-order valence-corrected chi connectivity index (χ4v) is 5.90. The number of methoxy groups -OCH3 is 1. The first kappa shape index (κ1) is 33.8. The molecule has 3 aromatic rings. The Morgan fingerprint density at radius 3 is 2.50 bits per heavy atom. The minimum atomic E-state index is -1.62. The van der Waals surface area contributed by atoms with E-state index in [1.807, 2.05) is 0 Å². The summed E-state index contributed by atoms with van der Waals surface area (Å²) < 4.78 is 65.2. The molecule has 4 heterocycles. The zero-order chi connectivity index (χ0) is 33.4. The largest absolute Gasteiger partial charge is 0.444 e. The first-order chi connectivity index (χ1) is 21.7. The van der Waals surface area contributed by atoms with Crippen molar-refractivity contribution in [1.29, 1.82) is 0 Å². The highest BCUT2D eigenvalue weighted by atomic mass is 19.2. The van der Waals surface area contributed by atoms with Gasteiger partial charge in [0.2, 0.25) is 0 Å². The van der Waals surface area contributed by atoms with Crippen molar-refractivity contribution in [3.8, 4) is 11.3 Å². The average molecular weight is 654 g/mol. The fraction of sp³-hybridized carbons (Fsp3) is 0.600. The van der Waals surface area contributed by atoms with Crippen LogP contribution in [0.5, 0.6) is 0 Å². The van der Waals surface area contributed by atoms with Crippen molar-refractivity contribution in [2.24, 2.45) is 0 Å². The van der Waals surface area contributed by atoms with Gasteiger partial charge in [-0.05, 0) is 45.7 Å². The van der Waals surface area contributed by atoms with Crippen LogP contribution >= 0.6 is 0 Å². The second-order valence-corrected chi connectivity index (χ2v) is 12.7. The molecule has 2 saturated heterocycles. The Bertz CT molecular complexity index is 1510. The molecule has 13 nitrogen and oxygen atoms in total. The van der Waals surface area contributed by atoms with Crippen LogP contribution in [-0.4, -0.2) is 103 Å². The van der Waals surface area contributed by atoms with E-state index in [0.29, 0.717) is 25.1 Å². The molecule has 1 amide bonds. The molecular formula is C30H38F3N5O8. The van der Waals surface area contributed by atoms with Gasteiger partial charge in [-0.2, -0.15) is 0 Å². The molecule has 2 fully saturated rings. The maximum atomic E-state index is 13.9. The Hall–Kier alpha value is -3.57. The van der Waals surface area contributed by atoms with Crippen LogP contribution in [0.3, 0.4) is 0 Å². The lowest BCUT2D eigenvalue weighted by Gasteiger charge is -2.43. The average Bonchev–Trinajstić information content (AvgIpc) is 3.63. The number of nitrogens with zero attached hydrogens (tertiary/aromatic N) is 5. The highest BCUT2D eigenvalue weighted by Crippen LogP contribution is 2.37. The number of aromatic nitrogens is 4. The van der Waals surface area contributed by atoms with Crippen molar-refractivity contribution in [3.63, 3.8) is 0 Å². The molecular weight excluding hydrogens is 615 g/mol. The van der Waals surface area contributed by atoms with E-state index in [9.17, 15) is 33.3 Å². The molecule has 252 valence electrons. The molecule has 5 rings (SSSR count). The number of likely N-dealkylation sites (tertiary alicyclic amines) is 1. The quantitative estimate of drug-likeness (QED) is 0.321.